The molecule has 0 aromatic heterocycles. The smallest absolute Gasteiger partial charge is 0.410 e. The van der Waals surface area contributed by atoms with E-state index in [2.05, 4.69) is 6.08 Å². The van der Waals surface area contributed by atoms with E-state index in [4.69, 9.17) is 4.74 Å². The van der Waals surface area contributed by atoms with Gasteiger partial charge in [-0.15, -0.1) is 0 Å². The molecule has 0 spiro atoms. The lowest BCUT2D eigenvalue weighted by molar-refractivity contribution is -0.127. The molecule has 1 saturated carbocycles. The van der Waals surface area contributed by atoms with Gasteiger partial charge in [-0.3, -0.25) is 4.79 Å². The van der Waals surface area contributed by atoms with Crippen molar-refractivity contribution in [3.63, 3.8) is 0 Å². The molecule has 120 valence electrons. The molecule has 1 aromatic carbocycles. The van der Waals surface area contributed by atoms with Crippen molar-refractivity contribution in [3.05, 3.63) is 48.0 Å². The van der Waals surface area contributed by atoms with Crippen LogP contribution in [0.15, 0.2) is 42.5 Å². The van der Waals surface area contributed by atoms with E-state index in [9.17, 15) is 9.59 Å². The van der Waals surface area contributed by atoms with Crippen LogP contribution in [0.4, 0.5) is 4.79 Å². The Morgan fingerprint density at radius 2 is 1.91 bits per heavy atom. The number of Topliss-reactive ketones (excluding diaryl/α,β-unsaturated/α-hetero) is 1. The molecule has 1 saturated heterocycles. The lowest BCUT2D eigenvalue weighted by atomic mass is 9.75. The monoisotopic (exact) mass is 311 g/mol. The van der Waals surface area contributed by atoms with Crippen molar-refractivity contribution in [2.24, 2.45) is 17.8 Å². The number of amides is 1. The van der Waals surface area contributed by atoms with Crippen molar-refractivity contribution < 1.29 is 14.3 Å². The van der Waals surface area contributed by atoms with Gasteiger partial charge < -0.3 is 9.64 Å². The highest BCUT2D eigenvalue weighted by Gasteiger charge is 2.47. The fourth-order valence-electron chi connectivity index (χ4n) is 3.73. The molecule has 4 aliphatic rings. The third kappa shape index (κ3) is 2.90. The number of piperidine rings is 1. The summed E-state index contributed by atoms with van der Waals surface area (Å²) in [7, 11) is 0. The van der Waals surface area contributed by atoms with Crippen LogP contribution in [0.3, 0.4) is 0 Å². The first kappa shape index (κ1) is 14.5. The van der Waals surface area contributed by atoms with Crippen LogP contribution in [0.2, 0.25) is 0 Å². The number of benzene rings is 1. The van der Waals surface area contributed by atoms with Crippen LogP contribution in [0.5, 0.6) is 0 Å². The van der Waals surface area contributed by atoms with Crippen LogP contribution in [0.25, 0.3) is 0 Å². The molecule has 4 heteroatoms. The summed E-state index contributed by atoms with van der Waals surface area (Å²) in [6, 6.07) is 9.56. The van der Waals surface area contributed by atoms with Gasteiger partial charge in [-0.1, -0.05) is 42.5 Å². The minimum atomic E-state index is -0.304. The normalized spacial score (nSPS) is 28.7. The van der Waals surface area contributed by atoms with Crippen molar-refractivity contribution in [1.82, 2.24) is 4.90 Å². The zero-order valence-corrected chi connectivity index (χ0v) is 13.1. The maximum atomic E-state index is 12.5. The molecular formula is C19H21NO3. The summed E-state index contributed by atoms with van der Waals surface area (Å²) < 4.78 is 5.47. The van der Waals surface area contributed by atoms with E-state index in [0.29, 0.717) is 12.3 Å². The largest absolute Gasteiger partial charge is 0.445 e. The van der Waals surface area contributed by atoms with Crippen LogP contribution >= 0.6 is 0 Å². The standard InChI is InChI=1S/C19H21NO3/c21-18(15-7-8-15)16-10-14-6-9-17(16)20(11-14)19(22)23-12-13-4-2-1-3-5-13/h1-6,9,14-17H,7-8,10-12H2/t14-,16?,17+/m1/s1. The fourth-order valence-corrected chi connectivity index (χ4v) is 3.73. The molecule has 2 fully saturated rings. The zero-order chi connectivity index (χ0) is 15.8. The van der Waals surface area contributed by atoms with Gasteiger partial charge in [0.25, 0.3) is 0 Å². The molecule has 0 N–H and O–H groups in total. The Balaban J connectivity index is 1.42. The summed E-state index contributed by atoms with van der Waals surface area (Å²) in [6.07, 6.45) is 6.82. The number of carbonyl (C=O) groups excluding carboxylic acids is 2. The van der Waals surface area contributed by atoms with Crippen LogP contribution in [0.1, 0.15) is 24.8 Å². The molecule has 3 atom stereocenters. The molecule has 1 amide bonds. The Bertz CT molecular complexity index is 635. The van der Waals surface area contributed by atoms with Gasteiger partial charge in [-0.05, 0) is 30.7 Å². The maximum absolute atomic E-state index is 12.5. The summed E-state index contributed by atoms with van der Waals surface area (Å²) in [5.41, 5.74) is 0.976. The Morgan fingerprint density at radius 3 is 2.61 bits per heavy atom. The van der Waals surface area contributed by atoms with E-state index in [0.717, 1.165) is 24.8 Å². The Hall–Kier alpha value is -2.10. The third-order valence-corrected chi connectivity index (χ3v) is 5.13. The van der Waals surface area contributed by atoms with E-state index >= 15 is 0 Å². The van der Waals surface area contributed by atoms with Crippen molar-refractivity contribution in [1.29, 1.82) is 0 Å². The summed E-state index contributed by atoms with van der Waals surface area (Å²) in [6.45, 7) is 0.946. The zero-order valence-electron chi connectivity index (χ0n) is 13.1. The van der Waals surface area contributed by atoms with E-state index in [-0.39, 0.29) is 36.5 Å². The number of carbonyl (C=O) groups is 2. The summed E-state index contributed by atoms with van der Waals surface area (Å²) in [5.74, 6) is 0.854. The number of hydrogen-bond acceptors (Lipinski definition) is 3. The van der Waals surface area contributed by atoms with Crippen molar-refractivity contribution in [3.8, 4) is 0 Å². The van der Waals surface area contributed by atoms with E-state index in [1.54, 1.807) is 4.90 Å². The van der Waals surface area contributed by atoms with E-state index < -0.39 is 0 Å². The predicted molar refractivity (Wildman–Crippen MR) is 85.6 cm³/mol. The number of ketones is 1. The first-order valence-electron chi connectivity index (χ1n) is 8.42. The molecule has 2 bridgehead atoms. The number of ether oxygens (including phenoxy) is 1. The van der Waals surface area contributed by atoms with Gasteiger partial charge >= 0.3 is 6.09 Å². The quantitative estimate of drug-likeness (QED) is 0.802. The van der Waals surface area contributed by atoms with Gasteiger partial charge in [-0.25, -0.2) is 4.79 Å². The van der Waals surface area contributed by atoms with Crippen LogP contribution in [-0.4, -0.2) is 29.4 Å². The predicted octanol–water partition coefficient (Wildman–Crippen LogP) is 3.18. The van der Waals surface area contributed by atoms with Crippen LogP contribution < -0.4 is 0 Å². The minimum absolute atomic E-state index is 0.0319. The van der Waals surface area contributed by atoms with Crippen molar-refractivity contribution in [2.45, 2.75) is 31.9 Å². The molecule has 1 aromatic rings. The second-order valence-electron chi connectivity index (χ2n) is 6.85. The molecule has 2 aliphatic heterocycles. The Kier molecular flexibility index (Phi) is 3.68. The molecule has 5 rings (SSSR count). The number of hydrogen-bond donors (Lipinski definition) is 0. The molecule has 4 nitrogen and oxygen atoms in total. The highest BCUT2D eigenvalue weighted by Crippen LogP contribution is 2.41. The van der Waals surface area contributed by atoms with Gasteiger partial charge in [0, 0.05) is 18.4 Å². The van der Waals surface area contributed by atoms with Crippen molar-refractivity contribution in [2.75, 3.05) is 6.54 Å². The second-order valence-corrected chi connectivity index (χ2v) is 6.85. The first-order valence-corrected chi connectivity index (χ1v) is 8.42. The Morgan fingerprint density at radius 1 is 1.13 bits per heavy atom. The molecule has 23 heavy (non-hydrogen) atoms. The highest BCUT2D eigenvalue weighted by atomic mass is 16.6. The van der Waals surface area contributed by atoms with Gasteiger partial charge in [0.2, 0.25) is 0 Å². The average molecular weight is 311 g/mol. The topological polar surface area (TPSA) is 46.6 Å². The lowest BCUT2D eigenvalue weighted by Crippen LogP contribution is -2.55. The third-order valence-electron chi connectivity index (χ3n) is 5.13. The SMILES string of the molecule is O=C(C1CC1)C1C[C@H]2C=C[C@@H]1N(C(=O)OCc1ccccc1)C2. The molecule has 1 unspecified atom stereocenters. The van der Waals surface area contributed by atoms with Crippen LogP contribution in [-0.2, 0) is 16.1 Å². The van der Waals surface area contributed by atoms with Crippen LogP contribution in [0, 0.1) is 17.8 Å². The van der Waals surface area contributed by atoms with E-state index in [1.165, 1.54) is 0 Å². The lowest BCUT2D eigenvalue weighted by Gasteiger charge is -2.45. The number of fused-ring (bicyclic) bond motifs is 2. The minimum Gasteiger partial charge on any atom is -0.445 e. The summed E-state index contributed by atoms with van der Waals surface area (Å²) in [5, 5.41) is 0. The van der Waals surface area contributed by atoms with Gasteiger partial charge in [0.1, 0.15) is 12.4 Å². The van der Waals surface area contributed by atoms with Crippen molar-refractivity contribution >= 4 is 11.9 Å². The first-order chi connectivity index (χ1) is 11.2. The average Bonchev–Trinajstić information content (AvgIpc) is 3.45. The number of rotatable bonds is 4. The Labute approximate surface area is 136 Å². The fraction of sp³-hybridized carbons (Fsp3) is 0.474. The second kappa shape index (κ2) is 5.84. The molecule has 0 radical (unpaired) electrons. The van der Waals surface area contributed by atoms with Gasteiger partial charge in [0.15, 0.2) is 0 Å². The van der Waals surface area contributed by atoms with E-state index in [1.807, 2.05) is 36.4 Å². The molecule has 2 aliphatic carbocycles. The molecular weight excluding hydrogens is 290 g/mol. The van der Waals surface area contributed by atoms with Gasteiger partial charge in [-0.2, -0.15) is 0 Å². The highest BCUT2D eigenvalue weighted by molar-refractivity contribution is 5.87. The van der Waals surface area contributed by atoms with Gasteiger partial charge in [0.05, 0.1) is 6.04 Å². The number of nitrogens with zero attached hydrogens (tertiary/aromatic N) is 1. The maximum Gasteiger partial charge on any atom is 0.410 e. The summed E-state index contributed by atoms with van der Waals surface area (Å²) >= 11 is 0. The molecule has 2 heterocycles. The summed E-state index contributed by atoms with van der Waals surface area (Å²) in [4.78, 5) is 26.7.